The summed E-state index contributed by atoms with van der Waals surface area (Å²) >= 11 is 6.06. The van der Waals surface area contributed by atoms with E-state index in [1.807, 2.05) is 49.4 Å². The van der Waals surface area contributed by atoms with Crippen LogP contribution in [0.2, 0.25) is 5.02 Å². The van der Waals surface area contributed by atoms with Crippen molar-refractivity contribution in [1.29, 1.82) is 0 Å². The molecule has 4 aromatic carbocycles. The number of nitrogens with zero attached hydrogens (tertiary/aromatic N) is 3. The summed E-state index contributed by atoms with van der Waals surface area (Å²) in [5.74, 6) is 0. The molecule has 0 bridgehead atoms. The number of halogens is 1. The van der Waals surface area contributed by atoms with Crippen molar-refractivity contribution in [2.75, 3.05) is 5.73 Å². The molecule has 10 heteroatoms. The quantitative estimate of drug-likeness (QED) is 0.150. The van der Waals surface area contributed by atoms with Crippen LogP contribution in [0.4, 0.5) is 17.1 Å². The Labute approximate surface area is 247 Å². The Morgan fingerprint density at radius 2 is 1.58 bits per heavy atom. The zero-order valence-electron chi connectivity index (χ0n) is 20.6. The van der Waals surface area contributed by atoms with Crippen molar-refractivity contribution >= 4 is 49.6 Å². The third kappa shape index (κ3) is 5.81. The number of fused-ring (bicyclic) bond motifs is 1. The standard InChI is InChI=1S/C28H21ClN4O3S.Na/c1-17-6-12-21(18-7-9-19(29)10-8-18)24(14-17)25-13-11-20(16-31-25)32-33-26-15-27(37(34,35)36)22-4-2-3-5-23(22)28(26)30;/h2-16H,30H2,1H3,(H,34,35,36);/q;+1/p-1. The number of pyridine rings is 1. The number of aromatic nitrogens is 1. The summed E-state index contributed by atoms with van der Waals surface area (Å²) in [7, 11) is -4.75. The molecular formula is C28H20ClN4NaO3S. The predicted octanol–water partition coefficient (Wildman–Crippen LogP) is 4.44. The molecule has 0 saturated carbocycles. The van der Waals surface area contributed by atoms with Gasteiger partial charge in [0.1, 0.15) is 21.5 Å². The maximum absolute atomic E-state index is 11.8. The van der Waals surface area contributed by atoms with Gasteiger partial charge in [0.2, 0.25) is 0 Å². The molecule has 0 saturated heterocycles. The number of hydrogen-bond donors (Lipinski definition) is 1. The van der Waals surface area contributed by atoms with Gasteiger partial charge in [-0.25, -0.2) is 8.42 Å². The van der Waals surface area contributed by atoms with Crippen LogP contribution < -0.4 is 35.3 Å². The van der Waals surface area contributed by atoms with Gasteiger partial charge in [0.25, 0.3) is 0 Å². The van der Waals surface area contributed by atoms with Crippen LogP contribution in [-0.4, -0.2) is 18.0 Å². The van der Waals surface area contributed by atoms with E-state index in [1.54, 1.807) is 30.5 Å². The number of aryl methyl sites for hydroxylation is 1. The SMILES string of the molecule is Cc1ccc(-c2ccc(Cl)cc2)c(-c2ccc(N=Nc3cc(S(=O)(=O)[O-])c4ccccc4c3N)cn2)c1.[Na+]. The third-order valence-electron chi connectivity index (χ3n) is 5.92. The maximum atomic E-state index is 11.8. The Hall–Kier alpha value is -3.11. The van der Waals surface area contributed by atoms with Crippen molar-refractivity contribution in [2.45, 2.75) is 11.8 Å². The van der Waals surface area contributed by atoms with E-state index in [1.165, 1.54) is 6.07 Å². The van der Waals surface area contributed by atoms with Gasteiger partial charge in [-0.3, -0.25) is 4.98 Å². The second-order valence-electron chi connectivity index (χ2n) is 8.46. The molecule has 0 fully saturated rings. The van der Waals surface area contributed by atoms with Crippen molar-refractivity contribution in [3.05, 3.63) is 102 Å². The molecule has 38 heavy (non-hydrogen) atoms. The van der Waals surface area contributed by atoms with E-state index in [0.717, 1.165) is 34.0 Å². The van der Waals surface area contributed by atoms with Crippen molar-refractivity contribution in [2.24, 2.45) is 10.2 Å². The van der Waals surface area contributed by atoms with Crippen LogP contribution in [0, 0.1) is 6.92 Å². The van der Waals surface area contributed by atoms with Gasteiger partial charge in [-0.15, -0.1) is 10.2 Å². The Balaban J connectivity index is 0.00000336. The Kier molecular flexibility index (Phi) is 8.32. The van der Waals surface area contributed by atoms with Gasteiger partial charge in [-0.05, 0) is 54.4 Å². The average molecular weight is 551 g/mol. The largest absolute Gasteiger partial charge is 1.00 e. The molecule has 0 aliphatic heterocycles. The molecule has 1 aromatic heterocycles. The first-order valence-electron chi connectivity index (χ1n) is 11.2. The number of anilines is 1. The van der Waals surface area contributed by atoms with E-state index in [9.17, 15) is 13.0 Å². The van der Waals surface area contributed by atoms with Crippen LogP contribution in [0.5, 0.6) is 0 Å². The van der Waals surface area contributed by atoms with Crippen LogP contribution in [0.1, 0.15) is 5.56 Å². The minimum absolute atomic E-state index is 0. The third-order valence-corrected chi connectivity index (χ3v) is 7.05. The second-order valence-corrected chi connectivity index (χ2v) is 10.2. The Bertz CT molecular complexity index is 1780. The number of benzene rings is 4. The van der Waals surface area contributed by atoms with Gasteiger partial charge < -0.3 is 10.3 Å². The minimum Gasteiger partial charge on any atom is -0.744 e. The molecule has 1 heterocycles. The van der Waals surface area contributed by atoms with Crippen LogP contribution >= 0.6 is 11.6 Å². The second kappa shape index (κ2) is 11.3. The van der Waals surface area contributed by atoms with Crippen molar-refractivity contribution in [1.82, 2.24) is 4.98 Å². The monoisotopic (exact) mass is 550 g/mol. The van der Waals surface area contributed by atoms with E-state index < -0.39 is 15.0 Å². The molecule has 0 radical (unpaired) electrons. The van der Waals surface area contributed by atoms with Crippen molar-refractivity contribution < 1.29 is 42.5 Å². The van der Waals surface area contributed by atoms with Gasteiger partial charge in [-0.2, -0.15) is 0 Å². The zero-order valence-corrected chi connectivity index (χ0v) is 24.2. The number of nitrogen functional groups attached to an aromatic ring is 1. The van der Waals surface area contributed by atoms with Crippen molar-refractivity contribution in [3.63, 3.8) is 0 Å². The van der Waals surface area contributed by atoms with Crippen molar-refractivity contribution in [3.8, 4) is 22.4 Å². The normalized spacial score (nSPS) is 11.6. The summed E-state index contributed by atoms with van der Waals surface area (Å²) in [6.07, 6.45) is 1.56. The van der Waals surface area contributed by atoms with Crippen LogP contribution in [0.25, 0.3) is 33.2 Å². The maximum Gasteiger partial charge on any atom is 1.00 e. The molecule has 184 valence electrons. The van der Waals surface area contributed by atoms with Gasteiger partial charge in [-0.1, -0.05) is 65.7 Å². The molecule has 7 nitrogen and oxygen atoms in total. The smallest absolute Gasteiger partial charge is 0.744 e. The number of azo groups is 1. The molecule has 0 aliphatic carbocycles. The summed E-state index contributed by atoms with van der Waals surface area (Å²) < 4.78 is 35.5. The molecule has 0 atom stereocenters. The molecular weight excluding hydrogens is 531 g/mol. The van der Waals surface area contributed by atoms with E-state index >= 15 is 0 Å². The Morgan fingerprint density at radius 1 is 0.868 bits per heavy atom. The molecule has 5 rings (SSSR count). The predicted molar refractivity (Wildman–Crippen MR) is 145 cm³/mol. The van der Waals surface area contributed by atoms with Crippen LogP contribution in [0.15, 0.2) is 106 Å². The van der Waals surface area contributed by atoms with Crippen LogP contribution in [-0.2, 0) is 10.1 Å². The summed E-state index contributed by atoms with van der Waals surface area (Å²) in [6, 6.07) is 25.0. The topological polar surface area (TPSA) is 121 Å². The Morgan fingerprint density at radius 3 is 2.24 bits per heavy atom. The fraction of sp³-hybridized carbons (Fsp3) is 0.0357. The summed E-state index contributed by atoms with van der Waals surface area (Å²) in [5.41, 5.74) is 11.8. The fourth-order valence-corrected chi connectivity index (χ4v) is 4.94. The first kappa shape index (κ1) is 27.9. The summed E-state index contributed by atoms with van der Waals surface area (Å²) in [4.78, 5) is 4.18. The van der Waals surface area contributed by atoms with Gasteiger partial charge in [0.15, 0.2) is 0 Å². The zero-order chi connectivity index (χ0) is 26.2. The molecule has 0 aliphatic rings. The molecule has 0 spiro atoms. The molecule has 0 unspecified atom stereocenters. The van der Waals surface area contributed by atoms with E-state index in [-0.39, 0.29) is 46.3 Å². The molecule has 0 amide bonds. The minimum atomic E-state index is -4.75. The van der Waals surface area contributed by atoms with Gasteiger partial charge >= 0.3 is 29.6 Å². The summed E-state index contributed by atoms with van der Waals surface area (Å²) in [5, 5.41) is 9.64. The molecule has 5 aromatic rings. The van der Waals surface area contributed by atoms with E-state index in [0.29, 0.717) is 16.1 Å². The van der Waals surface area contributed by atoms with Crippen LogP contribution in [0.3, 0.4) is 0 Å². The van der Waals surface area contributed by atoms with Gasteiger partial charge in [0.05, 0.1) is 22.5 Å². The average Bonchev–Trinajstić information content (AvgIpc) is 2.88. The van der Waals surface area contributed by atoms with Gasteiger partial charge in [0, 0.05) is 21.4 Å². The number of nitrogens with two attached hydrogens (primary N) is 1. The fourth-order valence-electron chi connectivity index (χ4n) is 4.11. The first-order chi connectivity index (χ1) is 17.7. The van der Waals surface area contributed by atoms with E-state index in [2.05, 4.69) is 21.3 Å². The summed E-state index contributed by atoms with van der Waals surface area (Å²) in [6.45, 7) is 2.02. The number of hydrogen-bond acceptors (Lipinski definition) is 7. The first-order valence-corrected chi connectivity index (χ1v) is 13.0. The molecule has 2 N–H and O–H groups in total. The number of rotatable bonds is 5. The van der Waals surface area contributed by atoms with E-state index in [4.69, 9.17) is 17.3 Å².